The van der Waals surface area contributed by atoms with Crippen molar-refractivity contribution in [1.29, 1.82) is 0 Å². The minimum absolute atomic E-state index is 0.0523. The summed E-state index contributed by atoms with van der Waals surface area (Å²) in [4.78, 5) is 0. The molecule has 158 valence electrons. The Balaban J connectivity index is 1.72. The molecule has 0 saturated heterocycles. The van der Waals surface area contributed by atoms with Gasteiger partial charge in [-0.3, -0.25) is 0 Å². The van der Waals surface area contributed by atoms with Crippen LogP contribution in [0, 0.1) is 23.7 Å². The van der Waals surface area contributed by atoms with Gasteiger partial charge in [0.2, 0.25) is 0 Å². The molecular weight excluding hydrogens is 445 g/mol. The molecule has 0 heterocycles. The zero-order chi connectivity index (χ0) is 19.1. The number of hydrogen-bond donors (Lipinski definition) is 2. The molecular formula is C24H44INO. The SMILES string of the molecule is NC1CCC(C2CCC(O)CCCCCCCC2C2CCC(I)CC2)CC1. The van der Waals surface area contributed by atoms with Gasteiger partial charge < -0.3 is 10.8 Å². The van der Waals surface area contributed by atoms with E-state index in [2.05, 4.69) is 22.6 Å². The molecule has 0 aliphatic heterocycles. The number of aliphatic hydroxyl groups is 1. The highest BCUT2D eigenvalue weighted by atomic mass is 127. The summed E-state index contributed by atoms with van der Waals surface area (Å²) in [5.41, 5.74) is 6.24. The Morgan fingerprint density at radius 2 is 1.07 bits per heavy atom. The molecule has 3 atom stereocenters. The molecule has 0 radical (unpaired) electrons. The molecule has 3 unspecified atom stereocenters. The zero-order valence-corrected chi connectivity index (χ0v) is 19.6. The Hall–Kier alpha value is 0.650. The van der Waals surface area contributed by atoms with Gasteiger partial charge in [-0.15, -0.1) is 0 Å². The highest BCUT2D eigenvalue weighted by Crippen LogP contribution is 2.46. The lowest BCUT2D eigenvalue weighted by Gasteiger charge is -2.43. The average Bonchev–Trinajstić information content (AvgIpc) is 2.66. The third kappa shape index (κ3) is 7.13. The Morgan fingerprint density at radius 1 is 0.556 bits per heavy atom. The molecule has 0 spiro atoms. The minimum atomic E-state index is -0.0523. The Labute approximate surface area is 182 Å². The van der Waals surface area contributed by atoms with Gasteiger partial charge in [0.15, 0.2) is 0 Å². The molecule has 0 aromatic heterocycles. The minimum Gasteiger partial charge on any atom is -0.393 e. The number of halogens is 1. The second-order valence-electron chi connectivity index (χ2n) is 10.1. The van der Waals surface area contributed by atoms with Gasteiger partial charge in [0.1, 0.15) is 0 Å². The lowest BCUT2D eigenvalue weighted by molar-refractivity contribution is 0.0667. The van der Waals surface area contributed by atoms with Gasteiger partial charge in [0, 0.05) is 9.97 Å². The first-order chi connectivity index (χ1) is 13.1. The van der Waals surface area contributed by atoms with E-state index < -0.39 is 0 Å². The molecule has 3 N–H and O–H groups in total. The van der Waals surface area contributed by atoms with E-state index in [1.165, 1.54) is 96.3 Å². The molecule has 27 heavy (non-hydrogen) atoms. The summed E-state index contributed by atoms with van der Waals surface area (Å²) in [5.74, 6) is 3.60. The van der Waals surface area contributed by atoms with Crippen molar-refractivity contribution >= 4 is 22.6 Å². The van der Waals surface area contributed by atoms with Crippen LogP contribution in [0.3, 0.4) is 0 Å². The van der Waals surface area contributed by atoms with Crippen molar-refractivity contribution in [2.24, 2.45) is 29.4 Å². The summed E-state index contributed by atoms with van der Waals surface area (Å²) in [6.07, 6.45) is 22.5. The van der Waals surface area contributed by atoms with Crippen LogP contribution in [-0.4, -0.2) is 21.2 Å². The van der Waals surface area contributed by atoms with Gasteiger partial charge in [-0.05, 0) is 101 Å². The Kier molecular flexibility index (Phi) is 9.71. The van der Waals surface area contributed by atoms with E-state index in [-0.39, 0.29) is 6.10 Å². The van der Waals surface area contributed by atoms with Crippen LogP contribution >= 0.6 is 22.6 Å². The van der Waals surface area contributed by atoms with Gasteiger partial charge in [-0.25, -0.2) is 0 Å². The monoisotopic (exact) mass is 489 g/mol. The predicted octanol–water partition coefficient (Wildman–Crippen LogP) is 6.62. The Bertz CT molecular complexity index is 401. The smallest absolute Gasteiger partial charge is 0.0540 e. The quantitative estimate of drug-likeness (QED) is 0.339. The van der Waals surface area contributed by atoms with Crippen molar-refractivity contribution in [3.8, 4) is 0 Å². The van der Waals surface area contributed by atoms with E-state index >= 15 is 0 Å². The average molecular weight is 490 g/mol. The van der Waals surface area contributed by atoms with Crippen LogP contribution < -0.4 is 5.73 Å². The molecule has 3 heteroatoms. The van der Waals surface area contributed by atoms with Crippen molar-refractivity contribution < 1.29 is 5.11 Å². The molecule has 2 nitrogen and oxygen atoms in total. The molecule has 0 amide bonds. The standard InChI is InChI=1S/C24H44INO/c25-20-12-8-18(9-13-20)23-7-5-3-1-2-4-6-22(27)16-17-24(23)19-10-14-21(26)15-11-19/h18-24,27H,1-17,26H2. The molecule has 3 fully saturated rings. The summed E-state index contributed by atoms with van der Waals surface area (Å²) < 4.78 is 0.915. The van der Waals surface area contributed by atoms with E-state index in [4.69, 9.17) is 5.73 Å². The summed E-state index contributed by atoms with van der Waals surface area (Å²) in [6, 6.07) is 0.450. The first kappa shape index (κ1) is 22.3. The van der Waals surface area contributed by atoms with Crippen molar-refractivity contribution in [1.82, 2.24) is 0 Å². The third-order valence-electron chi connectivity index (χ3n) is 8.19. The number of aliphatic hydroxyl groups excluding tert-OH is 1. The second-order valence-corrected chi connectivity index (χ2v) is 11.9. The lowest BCUT2D eigenvalue weighted by Crippen LogP contribution is -2.36. The highest BCUT2D eigenvalue weighted by Gasteiger charge is 2.37. The molecule has 3 saturated carbocycles. The van der Waals surface area contributed by atoms with Crippen LogP contribution in [0.1, 0.15) is 109 Å². The van der Waals surface area contributed by atoms with E-state index in [0.717, 1.165) is 40.4 Å². The van der Waals surface area contributed by atoms with Crippen LogP contribution in [0.4, 0.5) is 0 Å². The maximum atomic E-state index is 10.6. The van der Waals surface area contributed by atoms with Crippen LogP contribution in [0.5, 0.6) is 0 Å². The zero-order valence-electron chi connectivity index (χ0n) is 17.5. The summed E-state index contributed by atoms with van der Waals surface area (Å²) in [5, 5.41) is 10.6. The van der Waals surface area contributed by atoms with Crippen molar-refractivity contribution in [2.45, 2.75) is 125 Å². The van der Waals surface area contributed by atoms with Gasteiger partial charge >= 0.3 is 0 Å². The van der Waals surface area contributed by atoms with E-state index in [9.17, 15) is 5.11 Å². The topological polar surface area (TPSA) is 46.2 Å². The molecule has 3 rings (SSSR count). The summed E-state index contributed by atoms with van der Waals surface area (Å²) in [7, 11) is 0. The maximum Gasteiger partial charge on any atom is 0.0540 e. The van der Waals surface area contributed by atoms with Crippen molar-refractivity contribution in [3.63, 3.8) is 0 Å². The summed E-state index contributed by atoms with van der Waals surface area (Å²) in [6.45, 7) is 0. The molecule has 0 bridgehead atoms. The molecule has 3 aliphatic rings. The number of nitrogens with two attached hydrogens (primary N) is 1. The summed E-state index contributed by atoms with van der Waals surface area (Å²) >= 11 is 2.68. The van der Waals surface area contributed by atoms with Crippen LogP contribution in [0.2, 0.25) is 0 Å². The fourth-order valence-electron chi connectivity index (χ4n) is 6.50. The van der Waals surface area contributed by atoms with Crippen LogP contribution in [0.15, 0.2) is 0 Å². The van der Waals surface area contributed by atoms with E-state index in [1.807, 2.05) is 0 Å². The number of hydrogen-bond acceptors (Lipinski definition) is 2. The molecule has 3 aliphatic carbocycles. The maximum absolute atomic E-state index is 10.6. The molecule has 0 aromatic rings. The van der Waals surface area contributed by atoms with Crippen molar-refractivity contribution in [2.75, 3.05) is 0 Å². The number of alkyl halides is 1. The number of rotatable bonds is 2. The predicted molar refractivity (Wildman–Crippen MR) is 124 cm³/mol. The largest absolute Gasteiger partial charge is 0.393 e. The van der Waals surface area contributed by atoms with E-state index in [1.54, 1.807) is 0 Å². The third-order valence-corrected chi connectivity index (χ3v) is 9.43. The fourth-order valence-corrected chi connectivity index (χ4v) is 7.22. The molecule has 0 aromatic carbocycles. The van der Waals surface area contributed by atoms with Gasteiger partial charge in [-0.1, -0.05) is 54.7 Å². The van der Waals surface area contributed by atoms with Gasteiger partial charge in [-0.2, -0.15) is 0 Å². The first-order valence-corrected chi connectivity index (χ1v) is 13.5. The van der Waals surface area contributed by atoms with Crippen molar-refractivity contribution in [3.05, 3.63) is 0 Å². The van der Waals surface area contributed by atoms with E-state index in [0.29, 0.717) is 6.04 Å². The fraction of sp³-hybridized carbons (Fsp3) is 1.00. The van der Waals surface area contributed by atoms with Crippen LogP contribution in [0.25, 0.3) is 0 Å². The van der Waals surface area contributed by atoms with Gasteiger partial charge in [0.25, 0.3) is 0 Å². The first-order valence-electron chi connectivity index (χ1n) is 12.2. The van der Waals surface area contributed by atoms with Gasteiger partial charge in [0.05, 0.1) is 6.10 Å². The highest BCUT2D eigenvalue weighted by molar-refractivity contribution is 14.1. The Morgan fingerprint density at radius 3 is 1.74 bits per heavy atom. The van der Waals surface area contributed by atoms with Crippen LogP contribution in [-0.2, 0) is 0 Å². The second kappa shape index (κ2) is 11.7. The normalized spacial score (nSPS) is 43.4. The lowest BCUT2D eigenvalue weighted by atomic mass is 9.63.